The Kier molecular flexibility index (Phi) is 5.81. The van der Waals surface area contributed by atoms with Crippen molar-refractivity contribution < 1.29 is 23.1 Å². The first-order valence-corrected chi connectivity index (χ1v) is 8.50. The summed E-state index contributed by atoms with van der Waals surface area (Å²) >= 11 is 0. The largest absolute Gasteiger partial charge is 0.414 e. The van der Waals surface area contributed by atoms with Crippen LogP contribution in [0.25, 0.3) is 0 Å². The highest BCUT2D eigenvalue weighted by molar-refractivity contribution is 5.74. The smallest absolute Gasteiger partial charge is 0.383 e. The van der Waals surface area contributed by atoms with Gasteiger partial charge >= 0.3 is 12.2 Å². The average molecular weight is 336 g/mol. The van der Waals surface area contributed by atoms with E-state index in [-0.39, 0.29) is 38.0 Å². The summed E-state index contributed by atoms with van der Waals surface area (Å²) in [5, 5.41) is 12.4. The SMILES string of the molecule is CC1CCCC(NC(=O)N2CCC(C(O)C(F)(F)F)CC2)C1C. The number of nitrogens with zero attached hydrogens (tertiary/aromatic N) is 1. The van der Waals surface area contributed by atoms with E-state index in [9.17, 15) is 23.1 Å². The summed E-state index contributed by atoms with van der Waals surface area (Å²) < 4.78 is 37.6. The van der Waals surface area contributed by atoms with E-state index in [2.05, 4.69) is 19.2 Å². The van der Waals surface area contributed by atoms with Crippen LogP contribution in [0.5, 0.6) is 0 Å². The zero-order chi connectivity index (χ0) is 17.2. The number of carbonyl (C=O) groups is 1. The predicted molar refractivity (Wildman–Crippen MR) is 80.9 cm³/mol. The number of piperidine rings is 1. The summed E-state index contributed by atoms with van der Waals surface area (Å²) in [5.74, 6) is 0.173. The number of urea groups is 1. The highest BCUT2D eigenvalue weighted by atomic mass is 19.4. The van der Waals surface area contributed by atoms with Crippen molar-refractivity contribution in [3.63, 3.8) is 0 Å². The quantitative estimate of drug-likeness (QED) is 0.814. The van der Waals surface area contributed by atoms with Gasteiger partial charge in [0.15, 0.2) is 6.10 Å². The van der Waals surface area contributed by atoms with Crippen molar-refractivity contribution in [3.8, 4) is 0 Å². The predicted octanol–water partition coefficient (Wildman–Crippen LogP) is 3.16. The maximum atomic E-state index is 12.5. The van der Waals surface area contributed by atoms with Gasteiger partial charge in [-0.25, -0.2) is 4.79 Å². The lowest BCUT2D eigenvalue weighted by Crippen LogP contribution is -2.52. The van der Waals surface area contributed by atoms with E-state index < -0.39 is 18.2 Å². The number of aliphatic hydroxyl groups excluding tert-OH is 1. The van der Waals surface area contributed by atoms with E-state index in [1.807, 2.05) is 0 Å². The van der Waals surface area contributed by atoms with Gasteiger partial charge in [-0.05, 0) is 37.0 Å². The van der Waals surface area contributed by atoms with Crippen LogP contribution in [0.15, 0.2) is 0 Å². The van der Waals surface area contributed by atoms with E-state index in [0.29, 0.717) is 11.8 Å². The third-order valence-electron chi connectivity index (χ3n) is 5.62. The number of aliphatic hydroxyl groups is 1. The van der Waals surface area contributed by atoms with Crippen LogP contribution in [-0.2, 0) is 0 Å². The van der Waals surface area contributed by atoms with Crippen LogP contribution in [0.4, 0.5) is 18.0 Å². The minimum absolute atomic E-state index is 0.143. The number of hydrogen-bond donors (Lipinski definition) is 2. The van der Waals surface area contributed by atoms with Gasteiger partial charge in [-0.3, -0.25) is 0 Å². The molecule has 0 aromatic heterocycles. The van der Waals surface area contributed by atoms with Crippen LogP contribution < -0.4 is 5.32 Å². The lowest BCUT2D eigenvalue weighted by Gasteiger charge is -2.38. The molecule has 1 heterocycles. The highest BCUT2D eigenvalue weighted by Crippen LogP contribution is 2.32. The Balaban J connectivity index is 1.82. The van der Waals surface area contributed by atoms with Crippen molar-refractivity contribution in [2.75, 3.05) is 13.1 Å². The summed E-state index contributed by atoms with van der Waals surface area (Å²) in [4.78, 5) is 13.9. The van der Waals surface area contributed by atoms with Gasteiger partial charge in [0.2, 0.25) is 0 Å². The number of hydrogen-bond acceptors (Lipinski definition) is 2. The van der Waals surface area contributed by atoms with Gasteiger partial charge in [0, 0.05) is 19.1 Å². The van der Waals surface area contributed by atoms with Gasteiger partial charge in [-0.2, -0.15) is 13.2 Å². The van der Waals surface area contributed by atoms with Crippen molar-refractivity contribution >= 4 is 6.03 Å². The normalized spacial score (nSPS) is 31.7. The molecule has 2 fully saturated rings. The molecule has 2 rings (SSSR count). The fourth-order valence-electron chi connectivity index (χ4n) is 3.72. The number of alkyl halides is 3. The summed E-state index contributed by atoms with van der Waals surface area (Å²) in [5.41, 5.74) is 0. The first-order valence-electron chi connectivity index (χ1n) is 8.50. The molecule has 0 aromatic rings. The summed E-state index contributed by atoms with van der Waals surface area (Å²) in [6.45, 7) is 4.86. The molecular weight excluding hydrogens is 309 g/mol. The Morgan fingerprint density at radius 2 is 1.78 bits per heavy atom. The number of amides is 2. The van der Waals surface area contributed by atoms with Crippen LogP contribution in [0.1, 0.15) is 46.0 Å². The minimum atomic E-state index is -4.58. The molecule has 0 spiro atoms. The molecule has 1 saturated heterocycles. The van der Waals surface area contributed by atoms with Gasteiger partial charge in [0.1, 0.15) is 0 Å². The molecule has 4 unspecified atom stereocenters. The summed E-state index contributed by atoms with van der Waals surface area (Å²) in [6, 6.07) is -0.0411. The van der Waals surface area contributed by atoms with E-state index >= 15 is 0 Å². The van der Waals surface area contributed by atoms with Crippen LogP contribution in [0.2, 0.25) is 0 Å². The average Bonchev–Trinajstić information content (AvgIpc) is 2.50. The maximum absolute atomic E-state index is 12.5. The second-order valence-electron chi connectivity index (χ2n) is 7.13. The molecule has 0 aromatic carbocycles. The zero-order valence-electron chi connectivity index (χ0n) is 13.8. The van der Waals surface area contributed by atoms with Crippen molar-refractivity contribution in [2.45, 2.75) is 64.3 Å². The van der Waals surface area contributed by atoms with Gasteiger partial charge in [-0.1, -0.05) is 26.7 Å². The molecule has 2 aliphatic rings. The first-order chi connectivity index (χ1) is 10.7. The number of carbonyl (C=O) groups excluding carboxylic acids is 1. The molecule has 23 heavy (non-hydrogen) atoms. The molecule has 0 bridgehead atoms. The molecule has 1 aliphatic carbocycles. The second-order valence-corrected chi connectivity index (χ2v) is 7.13. The minimum Gasteiger partial charge on any atom is -0.383 e. The molecule has 2 N–H and O–H groups in total. The Morgan fingerprint density at radius 3 is 2.35 bits per heavy atom. The van der Waals surface area contributed by atoms with E-state index in [0.717, 1.165) is 12.8 Å². The van der Waals surface area contributed by atoms with E-state index in [4.69, 9.17) is 0 Å². The van der Waals surface area contributed by atoms with Crippen LogP contribution in [0.3, 0.4) is 0 Å². The van der Waals surface area contributed by atoms with Crippen LogP contribution >= 0.6 is 0 Å². The molecule has 7 heteroatoms. The Bertz CT molecular complexity index is 409. The van der Waals surface area contributed by atoms with E-state index in [1.165, 1.54) is 6.42 Å². The molecule has 0 radical (unpaired) electrons. The number of nitrogens with one attached hydrogen (secondary N) is 1. The fourth-order valence-corrected chi connectivity index (χ4v) is 3.72. The molecule has 2 amide bonds. The number of rotatable bonds is 2. The molecule has 4 atom stereocenters. The second kappa shape index (κ2) is 7.28. The number of likely N-dealkylation sites (tertiary alicyclic amines) is 1. The molecule has 1 aliphatic heterocycles. The van der Waals surface area contributed by atoms with Gasteiger partial charge in [-0.15, -0.1) is 0 Å². The zero-order valence-corrected chi connectivity index (χ0v) is 13.8. The molecule has 4 nitrogen and oxygen atoms in total. The lowest BCUT2D eigenvalue weighted by atomic mass is 9.78. The fraction of sp³-hybridized carbons (Fsp3) is 0.938. The topological polar surface area (TPSA) is 52.6 Å². The maximum Gasteiger partial charge on any atom is 0.414 e. The Morgan fingerprint density at radius 1 is 1.17 bits per heavy atom. The molecular formula is C16H27F3N2O2. The Labute approximate surface area is 135 Å². The molecule has 134 valence electrons. The van der Waals surface area contributed by atoms with E-state index in [1.54, 1.807) is 4.90 Å². The Hall–Kier alpha value is -0.980. The summed E-state index contributed by atoms with van der Waals surface area (Å²) in [6.07, 6.45) is -3.27. The van der Waals surface area contributed by atoms with Crippen LogP contribution in [-0.4, -0.2) is 47.4 Å². The number of halogens is 3. The lowest BCUT2D eigenvalue weighted by molar-refractivity contribution is -0.222. The standard InChI is InChI=1S/C16H27F3N2O2/c1-10-4-3-5-13(11(10)2)20-15(23)21-8-6-12(7-9-21)14(22)16(17,18)19/h10-14,22H,3-9H2,1-2H3,(H,20,23). The summed E-state index contributed by atoms with van der Waals surface area (Å²) in [7, 11) is 0. The highest BCUT2D eigenvalue weighted by Gasteiger charge is 2.44. The monoisotopic (exact) mass is 336 g/mol. The van der Waals surface area contributed by atoms with Gasteiger partial charge in [0.25, 0.3) is 0 Å². The van der Waals surface area contributed by atoms with Crippen molar-refractivity contribution in [2.24, 2.45) is 17.8 Å². The van der Waals surface area contributed by atoms with Gasteiger partial charge in [0.05, 0.1) is 0 Å². The van der Waals surface area contributed by atoms with Crippen molar-refractivity contribution in [3.05, 3.63) is 0 Å². The third-order valence-corrected chi connectivity index (χ3v) is 5.62. The van der Waals surface area contributed by atoms with Crippen molar-refractivity contribution in [1.29, 1.82) is 0 Å². The van der Waals surface area contributed by atoms with Crippen molar-refractivity contribution in [1.82, 2.24) is 10.2 Å². The van der Waals surface area contributed by atoms with Crippen LogP contribution in [0, 0.1) is 17.8 Å². The molecule has 1 saturated carbocycles. The third kappa shape index (κ3) is 4.52. The first kappa shape index (κ1) is 18.4. The van der Waals surface area contributed by atoms with Gasteiger partial charge < -0.3 is 15.3 Å².